The number of rotatable bonds is 4. The first-order valence-corrected chi connectivity index (χ1v) is 6.28. The Hall–Kier alpha value is -2.67. The third kappa shape index (κ3) is 3.67. The lowest BCUT2D eigenvalue weighted by Crippen LogP contribution is -2.24. The summed E-state index contributed by atoms with van der Waals surface area (Å²) < 4.78 is 0. The van der Waals surface area contributed by atoms with Gasteiger partial charge in [0.15, 0.2) is 0 Å². The van der Waals surface area contributed by atoms with E-state index < -0.39 is 10.8 Å². The van der Waals surface area contributed by atoms with Gasteiger partial charge in [-0.15, -0.1) is 0 Å². The van der Waals surface area contributed by atoms with Gasteiger partial charge in [-0.25, -0.2) is 4.98 Å². The van der Waals surface area contributed by atoms with Crippen molar-refractivity contribution in [1.82, 2.24) is 10.3 Å². The number of hydrogen-bond donors (Lipinski definition) is 2. The quantitative estimate of drug-likeness (QED) is 0.664. The molecule has 21 heavy (non-hydrogen) atoms. The first-order valence-electron chi connectivity index (χ1n) is 5.91. The first-order chi connectivity index (χ1) is 9.97. The van der Waals surface area contributed by atoms with E-state index in [0.717, 1.165) is 0 Å². The van der Waals surface area contributed by atoms with Crippen LogP contribution in [0.5, 0.6) is 0 Å². The van der Waals surface area contributed by atoms with Gasteiger partial charge in [0.05, 0.1) is 9.95 Å². The van der Waals surface area contributed by atoms with Crippen molar-refractivity contribution in [3.05, 3.63) is 62.8 Å². The van der Waals surface area contributed by atoms with Crippen molar-refractivity contribution in [3.8, 4) is 0 Å². The van der Waals surface area contributed by atoms with Crippen LogP contribution in [0.1, 0.15) is 16.1 Å². The molecular weight excluding hydrogens is 296 g/mol. The molecule has 8 heteroatoms. The van der Waals surface area contributed by atoms with Gasteiger partial charge < -0.3 is 11.1 Å². The van der Waals surface area contributed by atoms with Crippen molar-refractivity contribution in [2.24, 2.45) is 0 Å². The molecule has 0 spiro atoms. The summed E-state index contributed by atoms with van der Waals surface area (Å²) in [5, 5.41) is 13.4. The number of nitrogens with one attached hydrogen (secondary N) is 1. The minimum atomic E-state index is -0.501. The maximum Gasteiger partial charge on any atom is 0.271 e. The molecule has 0 saturated heterocycles. The van der Waals surface area contributed by atoms with Gasteiger partial charge in [0.1, 0.15) is 11.5 Å². The highest BCUT2D eigenvalue weighted by molar-refractivity contribution is 6.33. The second-order valence-corrected chi connectivity index (χ2v) is 4.58. The molecule has 0 fully saturated rings. The fraction of sp³-hybridized carbons (Fsp3) is 0.0769. The van der Waals surface area contributed by atoms with E-state index in [1.807, 2.05) is 0 Å². The minimum Gasteiger partial charge on any atom is -0.384 e. The molecule has 0 aliphatic rings. The van der Waals surface area contributed by atoms with Crippen LogP contribution in [0.3, 0.4) is 0 Å². The van der Waals surface area contributed by atoms with Gasteiger partial charge in [0, 0.05) is 18.7 Å². The van der Waals surface area contributed by atoms with Crippen LogP contribution in [0.2, 0.25) is 5.02 Å². The Morgan fingerprint density at radius 2 is 2.14 bits per heavy atom. The number of anilines is 1. The second-order valence-electron chi connectivity index (χ2n) is 4.18. The van der Waals surface area contributed by atoms with Crippen LogP contribution in [0.25, 0.3) is 0 Å². The summed E-state index contributed by atoms with van der Waals surface area (Å²) in [6, 6.07) is 8.94. The average molecular weight is 307 g/mol. The number of carbonyl (C=O) groups excluding carboxylic acids is 1. The predicted octanol–water partition coefficient (Wildman–Crippen LogP) is 2.16. The third-order valence-corrected chi connectivity index (χ3v) is 2.96. The Morgan fingerprint density at radius 3 is 2.86 bits per heavy atom. The lowest BCUT2D eigenvalue weighted by Gasteiger charge is -2.06. The van der Waals surface area contributed by atoms with E-state index in [-0.39, 0.29) is 28.8 Å². The van der Waals surface area contributed by atoms with Gasteiger partial charge in [-0.05, 0) is 17.7 Å². The number of non-ortho nitro benzene ring substituents is 1. The Labute approximate surface area is 124 Å². The molecule has 2 aromatic rings. The normalized spacial score (nSPS) is 10.1. The van der Waals surface area contributed by atoms with Gasteiger partial charge in [0.25, 0.3) is 11.6 Å². The van der Waals surface area contributed by atoms with Gasteiger partial charge in [0.2, 0.25) is 0 Å². The Bertz CT molecular complexity index is 706. The van der Waals surface area contributed by atoms with E-state index >= 15 is 0 Å². The van der Waals surface area contributed by atoms with Crippen molar-refractivity contribution < 1.29 is 9.72 Å². The molecule has 0 saturated carbocycles. The molecular formula is C13H11ClN4O3. The Morgan fingerprint density at radius 1 is 1.38 bits per heavy atom. The number of benzene rings is 1. The van der Waals surface area contributed by atoms with Crippen LogP contribution in [0.4, 0.5) is 11.5 Å². The summed E-state index contributed by atoms with van der Waals surface area (Å²) in [4.78, 5) is 26.0. The zero-order chi connectivity index (χ0) is 15.4. The second kappa shape index (κ2) is 6.19. The number of nitrogens with two attached hydrogens (primary N) is 1. The van der Waals surface area contributed by atoms with Crippen LogP contribution < -0.4 is 11.1 Å². The number of aromatic nitrogens is 1. The number of carbonyl (C=O) groups is 1. The number of nitrogen functional groups attached to an aromatic ring is 1. The minimum absolute atomic E-state index is 0.0158. The molecule has 1 aromatic carbocycles. The number of hydrogen-bond acceptors (Lipinski definition) is 5. The fourth-order valence-corrected chi connectivity index (χ4v) is 1.85. The van der Waals surface area contributed by atoms with E-state index in [0.29, 0.717) is 5.56 Å². The van der Waals surface area contributed by atoms with E-state index in [2.05, 4.69) is 10.3 Å². The largest absolute Gasteiger partial charge is 0.384 e. The summed E-state index contributed by atoms with van der Waals surface area (Å²) in [6.07, 6.45) is 0. The van der Waals surface area contributed by atoms with Gasteiger partial charge in [-0.2, -0.15) is 0 Å². The van der Waals surface area contributed by atoms with E-state index in [9.17, 15) is 14.9 Å². The molecule has 0 radical (unpaired) electrons. The number of amides is 1. The van der Waals surface area contributed by atoms with Crippen LogP contribution in [0, 0.1) is 10.1 Å². The van der Waals surface area contributed by atoms with Crippen LogP contribution in [-0.2, 0) is 6.54 Å². The Kier molecular flexibility index (Phi) is 4.34. The number of nitro benzene ring substituents is 1. The predicted molar refractivity (Wildman–Crippen MR) is 77.9 cm³/mol. The van der Waals surface area contributed by atoms with Crippen LogP contribution >= 0.6 is 11.6 Å². The van der Waals surface area contributed by atoms with Gasteiger partial charge >= 0.3 is 0 Å². The number of pyridine rings is 1. The van der Waals surface area contributed by atoms with Crippen molar-refractivity contribution >= 4 is 29.0 Å². The SMILES string of the molecule is Nc1ccc(Cl)c(C(=O)NCc2cccc([N+](=O)[O-])c2)n1. The monoisotopic (exact) mass is 306 g/mol. The lowest BCUT2D eigenvalue weighted by atomic mass is 10.2. The maximum absolute atomic E-state index is 12.0. The van der Waals surface area contributed by atoms with Crippen molar-refractivity contribution in [1.29, 1.82) is 0 Å². The van der Waals surface area contributed by atoms with Crippen LogP contribution in [-0.4, -0.2) is 15.8 Å². The van der Waals surface area contributed by atoms with Gasteiger partial charge in [-0.3, -0.25) is 14.9 Å². The molecule has 0 atom stereocenters. The summed E-state index contributed by atoms with van der Waals surface area (Å²) >= 11 is 5.87. The molecule has 2 rings (SSSR count). The zero-order valence-electron chi connectivity index (χ0n) is 10.7. The summed E-state index contributed by atoms with van der Waals surface area (Å²) in [7, 11) is 0. The highest BCUT2D eigenvalue weighted by Gasteiger charge is 2.13. The zero-order valence-corrected chi connectivity index (χ0v) is 11.5. The first kappa shape index (κ1) is 14.7. The highest BCUT2D eigenvalue weighted by atomic mass is 35.5. The fourth-order valence-electron chi connectivity index (χ4n) is 1.66. The lowest BCUT2D eigenvalue weighted by molar-refractivity contribution is -0.384. The Balaban J connectivity index is 2.09. The average Bonchev–Trinajstić information content (AvgIpc) is 2.47. The molecule has 0 aliphatic carbocycles. The number of halogens is 1. The maximum atomic E-state index is 12.0. The van der Waals surface area contributed by atoms with Crippen molar-refractivity contribution in [2.75, 3.05) is 5.73 Å². The van der Waals surface area contributed by atoms with Gasteiger partial charge in [-0.1, -0.05) is 23.7 Å². The number of nitro groups is 1. The van der Waals surface area contributed by atoms with Crippen molar-refractivity contribution in [2.45, 2.75) is 6.54 Å². The summed E-state index contributed by atoms with van der Waals surface area (Å²) in [5.41, 5.74) is 6.07. The molecule has 1 amide bonds. The number of nitrogens with zero attached hydrogens (tertiary/aromatic N) is 2. The molecule has 1 heterocycles. The summed E-state index contributed by atoms with van der Waals surface area (Å²) in [5.74, 6) is -0.321. The molecule has 0 unspecified atom stereocenters. The molecule has 3 N–H and O–H groups in total. The standard InChI is InChI=1S/C13H11ClN4O3/c14-10-4-5-11(15)17-12(10)13(19)16-7-8-2-1-3-9(6-8)18(20)21/h1-6H,7H2,(H2,15,17)(H,16,19). The third-order valence-electron chi connectivity index (χ3n) is 2.66. The molecule has 108 valence electrons. The van der Waals surface area contributed by atoms with E-state index in [1.54, 1.807) is 12.1 Å². The molecule has 0 aliphatic heterocycles. The van der Waals surface area contributed by atoms with Crippen molar-refractivity contribution in [3.63, 3.8) is 0 Å². The summed E-state index contributed by atoms with van der Waals surface area (Å²) in [6.45, 7) is 0.118. The van der Waals surface area contributed by atoms with Crippen LogP contribution in [0.15, 0.2) is 36.4 Å². The topological polar surface area (TPSA) is 111 Å². The molecule has 0 bridgehead atoms. The van der Waals surface area contributed by atoms with E-state index in [4.69, 9.17) is 17.3 Å². The van der Waals surface area contributed by atoms with E-state index in [1.165, 1.54) is 24.3 Å². The highest BCUT2D eigenvalue weighted by Crippen LogP contribution is 2.16. The smallest absolute Gasteiger partial charge is 0.271 e. The molecule has 1 aromatic heterocycles. The molecule has 7 nitrogen and oxygen atoms in total.